The molecule has 0 spiro atoms. The highest BCUT2D eigenvalue weighted by Crippen LogP contribution is 2.19. The van der Waals surface area contributed by atoms with Gasteiger partial charge in [0.2, 0.25) is 0 Å². The van der Waals surface area contributed by atoms with Crippen LogP contribution in [0.4, 0.5) is 0 Å². The number of pyridine rings is 1. The van der Waals surface area contributed by atoms with Crippen LogP contribution in [0.25, 0.3) is 5.82 Å². The standard InChI is InChI=1S/C17H26N4/c1-11(2)16-7-8-21(20-16)17-15(10-18-12(3)4)13(5)9-14(6)19-17/h7-9,11-12,18H,10H2,1-6H3. The minimum Gasteiger partial charge on any atom is -0.310 e. The van der Waals surface area contributed by atoms with Gasteiger partial charge in [-0.1, -0.05) is 27.7 Å². The Kier molecular flexibility index (Phi) is 4.78. The summed E-state index contributed by atoms with van der Waals surface area (Å²) >= 11 is 0. The summed E-state index contributed by atoms with van der Waals surface area (Å²) in [5.74, 6) is 1.36. The van der Waals surface area contributed by atoms with Crippen LogP contribution in [-0.2, 0) is 6.54 Å². The van der Waals surface area contributed by atoms with Gasteiger partial charge >= 0.3 is 0 Å². The van der Waals surface area contributed by atoms with Crippen molar-refractivity contribution >= 4 is 0 Å². The van der Waals surface area contributed by atoms with E-state index in [-0.39, 0.29) is 0 Å². The van der Waals surface area contributed by atoms with Crippen LogP contribution in [0.15, 0.2) is 18.3 Å². The van der Waals surface area contributed by atoms with E-state index in [1.165, 1.54) is 11.1 Å². The highest BCUT2D eigenvalue weighted by Gasteiger charge is 2.13. The van der Waals surface area contributed by atoms with Gasteiger partial charge in [-0.3, -0.25) is 0 Å². The number of aryl methyl sites for hydroxylation is 2. The molecule has 0 radical (unpaired) electrons. The van der Waals surface area contributed by atoms with Gasteiger partial charge in [0.15, 0.2) is 5.82 Å². The summed E-state index contributed by atoms with van der Waals surface area (Å²) in [6.45, 7) is 13.6. The van der Waals surface area contributed by atoms with Crippen molar-refractivity contribution < 1.29 is 0 Å². The minimum absolute atomic E-state index is 0.425. The van der Waals surface area contributed by atoms with Crippen molar-refractivity contribution in [2.24, 2.45) is 0 Å². The predicted molar refractivity (Wildman–Crippen MR) is 86.9 cm³/mol. The molecule has 2 aromatic heterocycles. The van der Waals surface area contributed by atoms with Crippen molar-refractivity contribution in [1.82, 2.24) is 20.1 Å². The molecule has 0 aliphatic heterocycles. The van der Waals surface area contributed by atoms with Crippen molar-refractivity contribution in [3.05, 3.63) is 40.8 Å². The van der Waals surface area contributed by atoms with E-state index in [1.54, 1.807) is 0 Å². The molecule has 2 heterocycles. The molecule has 4 heteroatoms. The van der Waals surface area contributed by atoms with Crippen molar-refractivity contribution in [2.45, 2.75) is 60.0 Å². The van der Waals surface area contributed by atoms with E-state index in [1.807, 2.05) is 17.8 Å². The van der Waals surface area contributed by atoms with Crippen molar-refractivity contribution in [3.63, 3.8) is 0 Å². The molecule has 0 aliphatic rings. The SMILES string of the molecule is Cc1cc(C)c(CNC(C)C)c(-n2ccc(C(C)C)n2)n1. The van der Waals surface area contributed by atoms with Crippen LogP contribution in [0.5, 0.6) is 0 Å². The molecule has 0 saturated heterocycles. The van der Waals surface area contributed by atoms with Crippen LogP contribution in [-0.4, -0.2) is 20.8 Å². The second kappa shape index (κ2) is 6.39. The summed E-state index contributed by atoms with van der Waals surface area (Å²) in [6.07, 6.45) is 2.01. The summed E-state index contributed by atoms with van der Waals surface area (Å²) in [5, 5.41) is 8.16. The van der Waals surface area contributed by atoms with Gasteiger partial charge in [0.25, 0.3) is 0 Å². The Hall–Kier alpha value is -1.68. The first-order chi connectivity index (χ1) is 9.88. The summed E-state index contributed by atoms with van der Waals surface area (Å²) in [4.78, 5) is 4.72. The Morgan fingerprint density at radius 2 is 1.90 bits per heavy atom. The first kappa shape index (κ1) is 15.7. The molecule has 2 aromatic rings. The molecule has 4 nitrogen and oxygen atoms in total. The summed E-state index contributed by atoms with van der Waals surface area (Å²) in [5.41, 5.74) is 4.59. The first-order valence-electron chi connectivity index (χ1n) is 7.65. The lowest BCUT2D eigenvalue weighted by Crippen LogP contribution is -2.24. The molecule has 0 aromatic carbocycles. The van der Waals surface area contributed by atoms with E-state index in [9.17, 15) is 0 Å². The largest absolute Gasteiger partial charge is 0.310 e. The topological polar surface area (TPSA) is 42.7 Å². The van der Waals surface area contributed by atoms with Crippen LogP contribution in [0.1, 0.15) is 56.1 Å². The lowest BCUT2D eigenvalue weighted by Gasteiger charge is -2.15. The molecule has 114 valence electrons. The van der Waals surface area contributed by atoms with Gasteiger partial charge in [0, 0.05) is 30.0 Å². The number of nitrogens with zero attached hydrogens (tertiary/aromatic N) is 3. The van der Waals surface area contributed by atoms with Gasteiger partial charge in [0.05, 0.1) is 5.69 Å². The van der Waals surface area contributed by atoms with E-state index in [0.717, 1.165) is 23.8 Å². The average Bonchev–Trinajstić information content (AvgIpc) is 2.86. The van der Waals surface area contributed by atoms with Crippen LogP contribution in [0.2, 0.25) is 0 Å². The quantitative estimate of drug-likeness (QED) is 0.914. The zero-order chi connectivity index (χ0) is 15.6. The van der Waals surface area contributed by atoms with Gasteiger partial charge in [-0.2, -0.15) is 5.10 Å². The Balaban J connectivity index is 2.44. The molecule has 2 rings (SSSR count). The summed E-state index contributed by atoms with van der Waals surface area (Å²) < 4.78 is 1.91. The Labute approximate surface area is 127 Å². The maximum absolute atomic E-state index is 4.72. The average molecular weight is 286 g/mol. The lowest BCUT2D eigenvalue weighted by atomic mass is 10.1. The molecule has 0 bridgehead atoms. The van der Waals surface area contributed by atoms with Crippen LogP contribution in [0.3, 0.4) is 0 Å². The summed E-state index contributed by atoms with van der Waals surface area (Å²) in [7, 11) is 0. The first-order valence-corrected chi connectivity index (χ1v) is 7.65. The second-order valence-electron chi connectivity index (χ2n) is 6.26. The number of aromatic nitrogens is 3. The molecule has 0 aliphatic carbocycles. The Morgan fingerprint density at radius 3 is 2.48 bits per heavy atom. The number of hydrogen-bond donors (Lipinski definition) is 1. The molecule has 0 amide bonds. The third-order valence-electron chi connectivity index (χ3n) is 3.56. The number of nitrogens with one attached hydrogen (secondary N) is 1. The van der Waals surface area contributed by atoms with Gasteiger partial charge in [0.1, 0.15) is 0 Å². The predicted octanol–water partition coefficient (Wildman–Crippen LogP) is 3.51. The fourth-order valence-corrected chi connectivity index (χ4v) is 2.32. The van der Waals surface area contributed by atoms with Gasteiger partial charge in [-0.25, -0.2) is 9.67 Å². The molecule has 0 saturated carbocycles. The summed E-state index contributed by atoms with van der Waals surface area (Å²) in [6, 6.07) is 4.65. The van der Waals surface area contributed by atoms with Crippen LogP contribution >= 0.6 is 0 Å². The molecule has 0 unspecified atom stereocenters. The lowest BCUT2D eigenvalue weighted by molar-refractivity contribution is 0.582. The number of rotatable bonds is 5. The zero-order valence-corrected chi connectivity index (χ0v) is 13.9. The molecule has 0 atom stereocenters. The smallest absolute Gasteiger partial charge is 0.158 e. The third-order valence-corrected chi connectivity index (χ3v) is 3.56. The minimum atomic E-state index is 0.425. The van der Waals surface area contributed by atoms with Gasteiger partial charge in [-0.05, 0) is 37.5 Å². The molecule has 1 N–H and O–H groups in total. The van der Waals surface area contributed by atoms with E-state index < -0.39 is 0 Å². The van der Waals surface area contributed by atoms with Crippen molar-refractivity contribution in [3.8, 4) is 5.82 Å². The Morgan fingerprint density at radius 1 is 1.19 bits per heavy atom. The highest BCUT2D eigenvalue weighted by molar-refractivity contribution is 5.41. The fourth-order valence-electron chi connectivity index (χ4n) is 2.32. The van der Waals surface area contributed by atoms with E-state index in [0.29, 0.717) is 12.0 Å². The van der Waals surface area contributed by atoms with Gasteiger partial charge < -0.3 is 5.32 Å². The molecule has 0 fully saturated rings. The van der Waals surface area contributed by atoms with Crippen molar-refractivity contribution in [1.29, 1.82) is 0 Å². The monoisotopic (exact) mass is 286 g/mol. The Bertz CT molecular complexity index is 611. The molecular weight excluding hydrogens is 260 g/mol. The maximum Gasteiger partial charge on any atom is 0.158 e. The third kappa shape index (κ3) is 3.70. The van der Waals surface area contributed by atoms with E-state index in [2.05, 4.69) is 57.2 Å². The maximum atomic E-state index is 4.72. The van der Waals surface area contributed by atoms with Crippen molar-refractivity contribution in [2.75, 3.05) is 0 Å². The number of hydrogen-bond acceptors (Lipinski definition) is 3. The highest BCUT2D eigenvalue weighted by atomic mass is 15.3. The molecular formula is C17H26N4. The second-order valence-corrected chi connectivity index (χ2v) is 6.26. The normalized spacial score (nSPS) is 11.6. The molecule has 21 heavy (non-hydrogen) atoms. The van der Waals surface area contributed by atoms with Crippen LogP contribution < -0.4 is 5.32 Å². The van der Waals surface area contributed by atoms with E-state index in [4.69, 9.17) is 4.98 Å². The van der Waals surface area contributed by atoms with E-state index >= 15 is 0 Å². The van der Waals surface area contributed by atoms with Crippen LogP contribution in [0, 0.1) is 13.8 Å². The van der Waals surface area contributed by atoms with Gasteiger partial charge in [-0.15, -0.1) is 0 Å². The zero-order valence-electron chi connectivity index (χ0n) is 13.9. The fraction of sp³-hybridized carbons (Fsp3) is 0.529.